The van der Waals surface area contributed by atoms with Crippen molar-refractivity contribution in [2.24, 2.45) is 0 Å². The fraction of sp³-hybridized carbons (Fsp3) is 0.188. The Morgan fingerprint density at radius 3 is 2.48 bits per heavy atom. The molecule has 0 spiro atoms. The first-order valence-corrected chi connectivity index (χ1v) is 6.89. The van der Waals surface area contributed by atoms with Crippen LogP contribution in [-0.2, 0) is 0 Å². The third-order valence-corrected chi connectivity index (χ3v) is 3.31. The standard InChI is InChI=1S/C16H17FN2OS/c1-10-4-6-13(20-3)9-15(10)19-16(21)18-12-5-7-14(17)11(2)8-12/h4-9H,1-3H3,(H2,18,19,21). The molecule has 0 radical (unpaired) electrons. The second kappa shape index (κ2) is 6.54. The Morgan fingerprint density at radius 1 is 1.05 bits per heavy atom. The van der Waals surface area contributed by atoms with Crippen molar-refractivity contribution in [2.45, 2.75) is 13.8 Å². The molecule has 0 unspecified atom stereocenters. The van der Waals surface area contributed by atoms with Crippen LogP contribution >= 0.6 is 12.2 Å². The van der Waals surface area contributed by atoms with Crippen LogP contribution in [0.1, 0.15) is 11.1 Å². The smallest absolute Gasteiger partial charge is 0.175 e. The van der Waals surface area contributed by atoms with Crippen LogP contribution in [0.25, 0.3) is 0 Å². The molecule has 0 saturated heterocycles. The molecule has 0 fully saturated rings. The maximum absolute atomic E-state index is 13.2. The minimum Gasteiger partial charge on any atom is -0.497 e. The first kappa shape index (κ1) is 15.3. The van der Waals surface area contributed by atoms with Crippen molar-refractivity contribution >= 4 is 28.7 Å². The number of hydrogen-bond donors (Lipinski definition) is 2. The lowest BCUT2D eigenvalue weighted by molar-refractivity contribution is 0.415. The molecule has 2 N–H and O–H groups in total. The van der Waals surface area contributed by atoms with Gasteiger partial charge in [-0.2, -0.15) is 0 Å². The Kier molecular flexibility index (Phi) is 4.75. The Bertz CT molecular complexity index is 673. The van der Waals surface area contributed by atoms with Gasteiger partial charge < -0.3 is 15.4 Å². The lowest BCUT2D eigenvalue weighted by Gasteiger charge is -2.14. The van der Waals surface area contributed by atoms with Gasteiger partial charge in [-0.1, -0.05) is 6.07 Å². The molecule has 2 rings (SSSR count). The van der Waals surface area contributed by atoms with E-state index in [2.05, 4.69) is 10.6 Å². The molecule has 0 aliphatic carbocycles. The van der Waals surface area contributed by atoms with Crippen LogP contribution in [0.3, 0.4) is 0 Å². The molecule has 5 heteroatoms. The topological polar surface area (TPSA) is 33.3 Å². The number of halogens is 1. The molecule has 0 bridgehead atoms. The lowest BCUT2D eigenvalue weighted by atomic mass is 10.2. The van der Waals surface area contributed by atoms with E-state index in [1.165, 1.54) is 6.07 Å². The Morgan fingerprint density at radius 2 is 1.81 bits per heavy atom. The van der Waals surface area contributed by atoms with Gasteiger partial charge in [-0.05, 0) is 61.5 Å². The SMILES string of the molecule is COc1ccc(C)c(NC(=S)Nc2ccc(F)c(C)c2)c1. The number of hydrogen-bond acceptors (Lipinski definition) is 2. The zero-order chi connectivity index (χ0) is 15.4. The first-order chi connectivity index (χ1) is 9.99. The van der Waals surface area contributed by atoms with Crippen LogP contribution in [0, 0.1) is 19.7 Å². The molecule has 2 aromatic rings. The third-order valence-electron chi connectivity index (χ3n) is 3.11. The summed E-state index contributed by atoms with van der Waals surface area (Å²) in [6.07, 6.45) is 0. The Labute approximate surface area is 129 Å². The van der Waals surface area contributed by atoms with Crippen LogP contribution in [0.5, 0.6) is 5.75 Å². The summed E-state index contributed by atoms with van der Waals surface area (Å²) < 4.78 is 18.4. The van der Waals surface area contributed by atoms with Crippen molar-refractivity contribution in [2.75, 3.05) is 17.7 Å². The molecular weight excluding hydrogens is 287 g/mol. The van der Waals surface area contributed by atoms with Crippen LogP contribution in [0.2, 0.25) is 0 Å². The van der Waals surface area contributed by atoms with Crippen molar-refractivity contribution in [3.05, 3.63) is 53.3 Å². The summed E-state index contributed by atoms with van der Waals surface area (Å²) in [5, 5.41) is 6.59. The number of thiocarbonyl (C=S) groups is 1. The molecule has 0 aromatic heterocycles. The normalized spacial score (nSPS) is 10.1. The van der Waals surface area contributed by atoms with Gasteiger partial charge in [0, 0.05) is 17.4 Å². The summed E-state index contributed by atoms with van der Waals surface area (Å²) >= 11 is 5.28. The van der Waals surface area contributed by atoms with Crippen LogP contribution in [-0.4, -0.2) is 12.2 Å². The van der Waals surface area contributed by atoms with Gasteiger partial charge in [0.1, 0.15) is 11.6 Å². The predicted molar refractivity (Wildman–Crippen MR) is 88.7 cm³/mol. The van der Waals surface area contributed by atoms with Crippen molar-refractivity contribution in [3.8, 4) is 5.75 Å². The lowest BCUT2D eigenvalue weighted by Crippen LogP contribution is -2.19. The molecule has 0 heterocycles. The molecule has 2 aromatic carbocycles. The number of benzene rings is 2. The number of anilines is 2. The average Bonchev–Trinajstić information content (AvgIpc) is 2.45. The van der Waals surface area contributed by atoms with Crippen LogP contribution in [0.15, 0.2) is 36.4 Å². The highest BCUT2D eigenvalue weighted by Crippen LogP contribution is 2.22. The molecule has 0 aliphatic heterocycles. The predicted octanol–water partition coefficient (Wildman–Crippen LogP) is 4.26. The van der Waals surface area contributed by atoms with Gasteiger partial charge in [0.2, 0.25) is 0 Å². The van der Waals surface area contributed by atoms with E-state index in [-0.39, 0.29) is 5.82 Å². The molecular formula is C16H17FN2OS. The molecule has 21 heavy (non-hydrogen) atoms. The van der Waals surface area contributed by atoms with Gasteiger partial charge in [0.15, 0.2) is 5.11 Å². The zero-order valence-electron chi connectivity index (χ0n) is 12.2. The van der Waals surface area contributed by atoms with Crippen LogP contribution in [0.4, 0.5) is 15.8 Å². The third kappa shape index (κ3) is 3.92. The zero-order valence-corrected chi connectivity index (χ0v) is 13.0. The largest absolute Gasteiger partial charge is 0.497 e. The maximum Gasteiger partial charge on any atom is 0.175 e. The molecule has 3 nitrogen and oxygen atoms in total. The van der Waals surface area contributed by atoms with Crippen molar-refractivity contribution in [3.63, 3.8) is 0 Å². The maximum atomic E-state index is 13.2. The number of ether oxygens (including phenoxy) is 1. The number of rotatable bonds is 3. The summed E-state index contributed by atoms with van der Waals surface area (Å²) in [5.74, 6) is 0.520. The fourth-order valence-corrected chi connectivity index (χ4v) is 2.10. The number of nitrogens with one attached hydrogen (secondary N) is 2. The van der Waals surface area contributed by atoms with Gasteiger partial charge in [0.25, 0.3) is 0 Å². The van der Waals surface area contributed by atoms with E-state index < -0.39 is 0 Å². The van der Waals surface area contributed by atoms with E-state index >= 15 is 0 Å². The fourth-order valence-electron chi connectivity index (χ4n) is 1.87. The Hall–Kier alpha value is -2.14. The van der Waals surface area contributed by atoms with Gasteiger partial charge in [-0.15, -0.1) is 0 Å². The Balaban J connectivity index is 2.09. The summed E-state index contributed by atoms with van der Waals surface area (Å²) in [6, 6.07) is 10.5. The van der Waals surface area contributed by atoms with Crippen molar-refractivity contribution in [1.82, 2.24) is 0 Å². The molecule has 110 valence electrons. The first-order valence-electron chi connectivity index (χ1n) is 6.48. The van der Waals surface area contributed by atoms with E-state index in [1.54, 1.807) is 26.2 Å². The van der Waals surface area contributed by atoms with E-state index in [9.17, 15) is 4.39 Å². The summed E-state index contributed by atoms with van der Waals surface area (Å²) in [6.45, 7) is 3.69. The van der Waals surface area contributed by atoms with Crippen molar-refractivity contribution in [1.29, 1.82) is 0 Å². The molecule has 0 saturated carbocycles. The minimum atomic E-state index is -0.233. The quantitative estimate of drug-likeness (QED) is 0.830. The molecule has 0 atom stereocenters. The summed E-state index contributed by atoms with van der Waals surface area (Å²) in [7, 11) is 1.62. The van der Waals surface area contributed by atoms with Gasteiger partial charge in [-0.3, -0.25) is 0 Å². The van der Waals surface area contributed by atoms with E-state index in [0.29, 0.717) is 10.7 Å². The van der Waals surface area contributed by atoms with E-state index in [0.717, 1.165) is 22.7 Å². The van der Waals surface area contributed by atoms with Gasteiger partial charge >= 0.3 is 0 Å². The second-order valence-electron chi connectivity index (χ2n) is 4.72. The number of methoxy groups -OCH3 is 1. The highest BCUT2D eigenvalue weighted by molar-refractivity contribution is 7.80. The monoisotopic (exact) mass is 304 g/mol. The summed E-state index contributed by atoms with van der Waals surface area (Å²) in [4.78, 5) is 0. The average molecular weight is 304 g/mol. The minimum absolute atomic E-state index is 0.233. The number of aryl methyl sites for hydroxylation is 2. The molecule has 0 aliphatic rings. The van der Waals surface area contributed by atoms with Gasteiger partial charge in [-0.25, -0.2) is 4.39 Å². The van der Waals surface area contributed by atoms with Crippen molar-refractivity contribution < 1.29 is 9.13 Å². The second-order valence-corrected chi connectivity index (χ2v) is 5.13. The van der Waals surface area contributed by atoms with Crippen LogP contribution < -0.4 is 15.4 Å². The highest BCUT2D eigenvalue weighted by Gasteiger charge is 2.05. The summed E-state index contributed by atoms with van der Waals surface area (Å²) in [5.41, 5.74) is 3.23. The molecule has 0 amide bonds. The van der Waals surface area contributed by atoms with Gasteiger partial charge in [0.05, 0.1) is 7.11 Å². The van der Waals surface area contributed by atoms with E-state index in [4.69, 9.17) is 17.0 Å². The van der Waals surface area contributed by atoms with E-state index in [1.807, 2.05) is 25.1 Å². The highest BCUT2D eigenvalue weighted by atomic mass is 32.1.